The van der Waals surface area contributed by atoms with Crippen molar-refractivity contribution in [2.24, 2.45) is 0 Å². The van der Waals surface area contributed by atoms with Crippen molar-refractivity contribution in [3.8, 4) is 11.3 Å². The summed E-state index contributed by atoms with van der Waals surface area (Å²) in [6.07, 6.45) is 0. The van der Waals surface area contributed by atoms with E-state index in [1.807, 2.05) is 48.5 Å². The normalized spacial score (nSPS) is 10.7. The molecule has 0 spiro atoms. The van der Waals surface area contributed by atoms with Crippen LogP contribution in [0.4, 0.5) is 5.13 Å². The molecule has 0 saturated heterocycles. The van der Waals surface area contributed by atoms with Crippen molar-refractivity contribution in [2.45, 2.75) is 20.0 Å². The van der Waals surface area contributed by atoms with Gasteiger partial charge in [-0.2, -0.15) is 0 Å². The molecule has 0 bridgehead atoms. The van der Waals surface area contributed by atoms with Gasteiger partial charge in [0.1, 0.15) is 6.54 Å². The number of nitrogens with zero attached hydrogens (tertiary/aromatic N) is 3. The monoisotopic (exact) mass is 485 g/mol. The first-order chi connectivity index (χ1) is 16.9. The van der Waals surface area contributed by atoms with E-state index in [4.69, 9.17) is 10.1 Å². The van der Waals surface area contributed by atoms with E-state index in [0.717, 1.165) is 26.8 Å². The summed E-state index contributed by atoms with van der Waals surface area (Å²) in [4.78, 5) is 33.0. The summed E-state index contributed by atoms with van der Waals surface area (Å²) in [7, 11) is 1.49. The average Bonchev–Trinajstić information content (AvgIpc) is 3.26. The molecule has 0 aliphatic heterocycles. The predicted molar refractivity (Wildman–Crippen MR) is 140 cm³/mol. The maximum atomic E-state index is 12.5. The fourth-order valence-electron chi connectivity index (χ4n) is 3.84. The van der Waals surface area contributed by atoms with Crippen LogP contribution in [0.5, 0.6) is 0 Å². The number of thiazole rings is 1. The number of benzene rings is 3. The number of hydrogen-bond acceptors (Lipinski definition) is 5. The molecule has 35 heavy (non-hydrogen) atoms. The number of aryl methyl sites for hydroxylation is 1. The number of carbonyl (C=O) groups excluding carboxylic acids is 1. The fourth-order valence-corrected chi connectivity index (χ4v) is 4.77. The first-order valence-corrected chi connectivity index (χ1v) is 12.1. The Kier molecular flexibility index (Phi) is 7.57. The minimum absolute atomic E-state index is 0.317. The molecule has 0 saturated carbocycles. The Bertz CT molecular complexity index is 1290. The number of likely N-dealkylation sites (N-methyl/N-ethyl adjacent to an activating group) is 1. The summed E-state index contributed by atoms with van der Waals surface area (Å²) in [6.45, 7) is 3.08. The van der Waals surface area contributed by atoms with Crippen LogP contribution in [0.2, 0.25) is 0 Å². The van der Waals surface area contributed by atoms with Crippen LogP contribution < -0.4 is 4.90 Å². The molecule has 1 heterocycles. The molecule has 1 amide bonds. The second-order valence-corrected chi connectivity index (χ2v) is 9.54. The molecule has 7 heteroatoms. The van der Waals surface area contributed by atoms with Crippen molar-refractivity contribution in [2.75, 3.05) is 18.5 Å². The van der Waals surface area contributed by atoms with Crippen molar-refractivity contribution >= 4 is 28.3 Å². The van der Waals surface area contributed by atoms with Gasteiger partial charge in [-0.15, -0.1) is 11.3 Å². The third kappa shape index (κ3) is 6.13. The Balaban J connectivity index is 1.59. The Morgan fingerprint density at radius 3 is 2.03 bits per heavy atom. The van der Waals surface area contributed by atoms with Gasteiger partial charge in [-0.05, 0) is 30.2 Å². The lowest BCUT2D eigenvalue weighted by Gasteiger charge is -2.22. The van der Waals surface area contributed by atoms with Gasteiger partial charge in [0.15, 0.2) is 5.13 Å². The van der Waals surface area contributed by atoms with Crippen molar-refractivity contribution < 1.29 is 14.7 Å². The van der Waals surface area contributed by atoms with Gasteiger partial charge < -0.3 is 14.9 Å². The number of carboxylic acids is 1. The molecular formula is C28H27N3O3S. The SMILES string of the molecule is Cc1sc(N(Cc2ccccc2)Cc2ccc(C(=O)N(C)CC(=O)O)cc2)nc1-c1ccccc1. The number of amides is 1. The molecule has 0 radical (unpaired) electrons. The highest BCUT2D eigenvalue weighted by Gasteiger charge is 2.18. The number of anilines is 1. The van der Waals surface area contributed by atoms with Crippen molar-refractivity contribution in [1.82, 2.24) is 9.88 Å². The van der Waals surface area contributed by atoms with Gasteiger partial charge >= 0.3 is 5.97 Å². The highest BCUT2D eigenvalue weighted by Crippen LogP contribution is 2.34. The van der Waals surface area contributed by atoms with Gasteiger partial charge in [0.25, 0.3) is 5.91 Å². The largest absolute Gasteiger partial charge is 0.480 e. The fraction of sp³-hybridized carbons (Fsp3) is 0.179. The zero-order chi connectivity index (χ0) is 24.8. The standard InChI is InChI=1S/C28H27N3O3S/c1-20-26(23-11-7-4-8-12-23)29-28(35-20)31(17-21-9-5-3-6-10-21)18-22-13-15-24(16-14-22)27(34)30(2)19-25(32)33/h3-16H,17-19H2,1-2H3,(H,32,33). The number of rotatable bonds is 9. The van der Waals surface area contributed by atoms with Crippen LogP contribution in [-0.2, 0) is 17.9 Å². The molecule has 4 rings (SSSR count). The van der Waals surface area contributed by atoms with E-state index >= 15 is 0 Å². The maximum Gasteiger partial charge on any atom is 0.323 e. The van der Waals surface area contributed by atoms with E-state index in [0.29, 0.717) is 18.7 Å². The van der Waals surface area contributed by atoms with Gasteiger partial charge in [-0.1, -0.05) is 72.8 Å². The molecule has 6 nitrogen and oxygen atoms in total. The quantitative estimate of drug-likeness (QED) is 0.340. The lowest BCUT2D eigenvalue weighted by molar-refractivity contribution is -0.137. The predicted octanol–water partition coefficient (Wildman–Crippen LogP) is 5.48. The van der Waals surface area contributed by atoms with Gasteiger partial charge in [0.05, 0.1) is 5.69 Å². The third-order valence-electron chi connectivity index (χ3n) is 5.61. The lowest BCUT2D eigenvalue weighted by Crippen LogP contribution is -2.31. The molecule has 0 aliphatic carbocycles. The zero-order valence-electron chi connectivity index (χ0n) is 19.7. The number of carbonyl (C=O) groups is 2. The molecule has 0 unspecified atom stereocenters. The number of aliphatic carboxylic acids is 1. The van der Waals surface area contributed by atoms with Crippen molar-refractivity contribution in [3.63, 3.8) is 0 Å². The van der Waals surface area contributed by atoms with Gasteiger partial charge in [-0.25, -0.2) is 4.98 Å². The highest BCUT2D eigenvalue weighted by molar-refractivity contribution is 7.16. The number of aromatic nitrogens is 1. The van der Waals surface area contributed by atoms with Gasteiger partial charge in [0, 0.05) is 36.1 Å². The Hall–Kier alpha value is -3.97. The van der Waals surface area contributed by atoms with Crippen molar-refractivity contribution in [1.29, 1.82) is 0 Å². The second-order valence-electron chi connectivity index (χ2n) is 8.36. The molecule has 4 aromatic rings. The van der Waals surface area contributed by atoms with E-state index in [1.54, 1.807) is 23.5 Å². The first kappa shape index (κ1) is 24.2. The molecule has 3 aromatic carbocycles. The first-order valence-electron chi connectivity index (χ1n) is 11.3. The van der Waals surface area contributed by atoms with Crippen LogP contribution in [0.1, 0.15) is 26.4 Å². The van der Waals surface area contributed by atoms with E-state index in [1.165, 1.54) is 17.5 Å². The molecule has 0 atom stereocenters. The topological polar surface area (TPSA) is 73.7 Å². The molecule has 178 valence electrons. The van der Waals surface area contributed by atoms with E-state index in [9.17, 15) is 9.59 Å². The van der Waals surface area contributed by atoms with Crippen LogP contribution >= 0.6 is 11.3 Å². The summed E-state index contributed by atoms with van der Waals surface area (Å²) < 4.78 is 0. The van der Waals surface area contributed by atoms with Crippen LogP contribution in [0.15, 0.2) is 84.9 Å². The average molecular weight is 486 g/mol. The maximum absolute atomic E-state index is 12.5. The summed E-state index contributed by atoms with van der Waals surface area (Å²) in [5.74, 6) is -1.36. The Morgan fingerprint density at radius 2 is 1.43 bits per heavy atom. The van der Waals surface area contributed by atoms with Crippen LogP contribution in [0, 0.1) is 6.92 Å². The summed E-state index contributed by atoms with van der Waals surface area (Å²) >= 11 is 1.67. The molecule has 1 aromatic heterocycles. The smallest absolute Gasteiger partial charge is 0.323 e. The van der Waals surface area contributed by atoms with Crippen LogP contribution in [0.25, 0.3) is 11.3 Å². The molecular weight excluding hydrogens is 458 g/mol. The molecule has 0 aliphatic rings. The van der Waals surface area contributed by atoms with E-state index in [-0.39, 0.29) is 12.5 Å². The minimum Gasteiger partial charge on any atom is -0.480 e. The van der Waals surface area contributed by atoms with Gasteiger partial charge in [-0.3, -0.25) is 9.59 Å². The third-order valence-corrected chi connectivity index (χ3v) is 6.64. The van der Waals surface area contributed by atoms with Crippen LogP contribution in [-0.4, -0.2) is 40.5 Å². The number of carboxylic acid groups (broad SMARTS) is 1. The second kappa shape index (κ2) is 11.0. The zero-order valence-corrected chi connectivity index (χ0v) is 20.5. The lowest BCUT2D eigenvalue weighted by atomic mass is 10.1. The molecule has 0 fully saturated rings. The number of hydrogen-bond donors (Lipinski definition) is 1. The summed E-state index contributed by atoms with van der Waals surface area (Å²) in [5.41, 5.74) is 4.77. The summed E-state index contributed by atoms with van der Waals surface area (Å²) in [5, 5.41) is 9.88. The minimum atomic E-state index is -1.04. The Labute approximate surface area is 209 Å². The highest BCUT2D eigenvalue weighted by atomic mass is 32.1. The Morgan fingerprint density at radius 1 is 0.857 bits per heavy atom. The van der Waals surface area contributed by atoms with Crippen molar-refractivity contribution in [3.05, 3.63) is 106 Å². The van der Waals surface area contributed by atoms with Gasteiger partial charge in [0.2, 0.25) is 0 Å². The summed E-state index contributed by atoms with van der Waals surface area (Å²) in [6, 6.07) is 27.8. The van der Waals surface area contributed by atoms with Crippen LogP contribution in [0.3, 0.4) is 0 Å². The molecule has 1 N–H and O–H groups in total. The van der Waals surface area contributed by atoms with E-state index in [2.05, 4.69) is 36.1 Å². The van der Waals surface area contributed by atoms with E-state index < -0.39 is 5.97 Å².